The molecule has 0 radical (unpaired) electrons. The van der Waals surface area contributed by atoms with Crippen LogP contribution in [-0.4, -0.2) is 40.0 Å². The summed E-state index contributed by atoms with van der Waals surface area (Å²) in [4.78, 5) is 21.3. The number of aromatic nitrogens is 2. The molecule has 2 aromatic heterocycles. The van der Waals surface area contributed by atoms with E-state index in [2.05, 4.69) is 9.97 Å². The Bertz CT molecular complexity index is 726. The third-order valence-electron chi connectivity index (χ3n) is 3.33. The number of alkyl halides is 3. The highest BCUT2D eigenvalue weighted by molar-refractivity contribution is 7.09. The van der Waals surface area contributed by atoms with Crippen LogP contribution in [0, 0.1) is 6.92 Å². The molecule has 0 aromatic carbocycles. The Hall–Kier alpha value is -2.16. The Morgan fingerprint density at radius 1 is 1.43 bits per heavy atom. The summed E-state index contributed by atoms with van der Waals surface area (Å²) in [5.41, 5.74) is -0.570. The molecule has 122 valence electrons. The lowest BCUT2D eigenvalue weighted by Gasteiger charge is -2.38. The largest absolute Gasteiger partial charge is 0.470 e. The summed E-state index contributed by atoms with van der Waals surface area (Å²) >= 11 is 1.37. The normalized spacial score (nSPS) is 15.4. The van der Waals surface area contributed by atoms with Crippen LogP contribution in [0.2, 0.25) is 0 Å². The summed E-state index contributed by atoms with van der Waals surface area (Å²) < 4.78 is 43.9. The number of pyridine rings is 1. The standard InChI is InChI=1S/C14H12F3N3O2S/c1-8-19-11(7-23-8)13(21)20-5-9(6-20)22-12-10(14(15,16)17)3-2-4-18-12/h2-4,7,9H,5-6H2,1H3. The molecule has 0 N–H and O–H groups in total. The van der Waals surface area contributed by atoms with E-state index >= 15 is 0 Å². The number of hydrogen-bond donors (Lipinski definition) is 0. The molecule has 2 aromatic rings. The van der Waals surface area contributed by atoms with E-state index in [4.69, 9.17) is 4.74 Å². The van der Waals surface area contributed by atoms with Crippen LogP contribution in [0.1, 0.15) is 21.1 Å². The van der Waals surface area contributed by atoms with Gasteiger partial charge in [-0.3, -0.25) is 4.79 Å². The molecule has 0 unspecified atom stereocenters. The van der Waals surface area contributed by atoms with Gasteiger partial charge in [0, 0.05) is 11.6 Å². The number of ether oxygens (including phenoxy) is 1. The van der Waals surface area contributed by atoms with Gasteiger partial charge in [-0.2, -0.15) is 13.2 Å². The number of aryl methyl sites for hydroxylation is 1. The van der Waals surface area contributed by atoms with Gasteiger partial charge in [0.2, 0.25) is 5.88 Å². The highest BCUT2D eigenvalue weighted by atomic mass is 32.1. The molecule has 0 bridgehead atoms. The van der Waals surface area contributed by atoms with E-state index in [0.29, 0.717) is 5.69 Å². The molecule has 0 atom stereocenters. The predicted molar refractivity (Wildman–Crippen MR) is 76.4 cm³/mol. The Kier molecular flexibility index (Phi) is 3.97. The Morgan fingerprint density at radius 3 is 2.78 bits per heavy atom. The highest BCUT2D eigenvalue weighted by Gasteiger charge is 2.38. The van der Waals surface area contributed by atoms with E-state index in [9.17, 15) is 18.0 Å². The monoisotopic (exact) mass is 343 g/mol. The number of carbonyl (C=O) groups excluding carboxylic acids is 1. The Balaban J connectivity index is 1.62. The third-order valence-corrected chi connectivity index (χ3v) is 4.10. The van der Waals surface area contributed by atoms with Crippen molar-refractivity contribution in [3.8, 4) is 5.88 Å². The first-order valence-corrected chi connectivity index (χ1v) is 7.63. The summed E-state index contributed by atoms with van der Waals surface area (Å²) in [7, 11) is 0. The van der Waals surface area contributed by atoms with Crippen molar-refractivity contribution in [2.75, 3.05) is 13.1 Å². The van der Waals surface area contributed by atoms with Gasteiger partial charge in [0.1, 0.15) is 17.4 Å². The van der Waals surface area contributed by atoms with Crippen LogP contribution in [0.25, 0.3) is 0 Å². The average Bonchev–Trinajstić information content (AvgIpc) is 2.88. The number of rotatable bonds is 3. The second-order valence-electron chi connectivity index (χ2n) is 5.06. The summed E-state index contributed by atoms with van der Waals surface area (Å²) in [6, 6.07) is 2.12. The zero-order chi connectivity index (χ0) is 16.6. The second-order valence-corrected chi connectivity index (χ2v) is 6.12. The molecular formula is C14H12F3N3O2S. The number of hydrogen-bond acceptors (Lipinski definition) is 5. The molecule has 3 heterocycles. The van der Waals surface area contributed by atoms with E-state index in [1.807, 2.05) is 0 Å². The molecule has 5 nitrogen and oxygen atoms in total. The minimum Gasteiger partial charge on any atom is -0.470 e. The minimum atomic E-state index is -4.53. The van der Waals surface area contributed by atoms with Crippen LogP contribution in [0.4, 0.5) is 13.2 Å². The highest BCUT2D eigenvalue weighted by Crippen LogP contribution is 2.35. The minimum absolute atomic E-state index is 0.212. The van der Waals surface area contributed by atoms with Gasteiger partial charge in [0.05, 0.1) is 18.1 Å². The third kappa shape index (κ3) is 3.29. The molecule has 1 amide bonds. The van der Waals surface area contributed by atoms with Crippen LogP contribution in [-0.2, 0) is 6.18 Å². The van der Waals surface area contributed by atoms with Crippen LogP contribution in [0.3, 0.4) is 0 Å². The van der Waals surface area contributed by atoms with Gasteiger partial charge in [-0.1, -0.05) is 0 Å². The second kappa shape index (κ2) is 5.80. The fourth-order valence-electron chi connectivity index (χ4n) is 2.16. The lowest BCUT2D eigenvalue weighted by Crippen LogP contribution is -2.56. The van der Waals surface area contributed by atoms with Crippen LogP contribution in [0.15, 0.2) is 23.7 Å². The molecule has 1 aliphatic heterocycles. The summed E-state index contributed by atoms with van der Waals surface area (Å²) in [5.74, 6) is -0.701. The van der Waals surface area contributed by atoms with Crippen molar-refractivity contribution in [3.05, 3.63) is 40.0 Å². The first kappa shape index (κ1) is 15.7. The first-order valence-electron chi connectivity index (χ1n) is 6.75. The van der Waals surface area contributed by atoms with Crippen molar-refractivity contribution in [1.82, 2.24) is 14.9 Å². The van der Waals surface area contributed by atoms with Crippen molar-refractivity contribution < 1.29 is 22.7 Å². The number of nitrogens with zero attached hydrogens (tertiary/aromatic N) is 3. The first-order chi connectivity index (χ1) is 10.8. The number of carbonyl (C=O) groups is 1. The van der Waals surface area contributed by atoms with Crippen LogP contribution >= 0.6 is 11.3 Å². The Labute approximate surface area is 133 Å². The van der Waals surface area contributed by atoms with Crippen molar-refractivity contribution >= 4 is 17.2 Å². The average molecular weight is 343 g/mol. The van der Waals surface area contributed by atoms with E-state index in [-0.39, 0.29) is 19.0 Å². The molecule has 0 aliphatic carbocycles. The van der Waals surface area contributed by atoms with Gasteiger partial charge < -0.3 is 9.64 Å². The number of thiazole rings is 1. The van der Waals surface area contributed by atoms with E-state index in [1.165, 1.54) is 28.5 Å². The topological polar surface area (TPSA) is 55.3 Å². The van der Waals surface area contributed by atoms with Crippen molar-refractivity contribution in [3.63, 3.8) is 0 Å². The van der Waals surface area contributed by atoms with Gasteiger partial charge in [0.15, 0.2) is 0 Å². The fourth-order valence-corrected chi connectivity index (χ4v) is 2.75. The molecule has 1 fully saturated rings. The molecule has 0 spiro atoms. The molecule has 1 saturated heterocycles. The van der Waals surface area contributed by atoms with E-state index < -0.39 is 23.7 Å². The number of halogens is 3. The van der Waals surface area contributed by atoms with Crippen molar-refractivity contribution in [2.45, 2.75) is 19.2 Å². The molecule has 1 aliphatic rings. The fraction of sp³-hybridized carbons (Fsp3) is 0.357. The van der Waals surface area contributed by atoms with Crippen molar-refractivity contribution in [1.29, 1.82) is 0 Å². The van der Waals surface area contributed by atoms with E-state index in [1.54, 1.807) is 12.3 Å². The quantitative estimate of drug-likeness (QED) is 0.860. The zero-order valence-electron chi connectivity index (χ0n) is 12.0. The molecule has 3 rings (SSSR count). The molecule has 9 heteroatoms. The summed E-state index contributed by atoms with van der Waals surface area (Å²) in [6.45, 7) is 2.22. The van der Waals surface area contributed by atoms with Crippen molar-refractivity contribution in [2.24, 2.45) is 0 Å². The maximum Gasteiger partial charge on any atom is 0.421 e. The lowest BCUT2D eigenvalue weighted by molar-refractivity contribution is -0.140. The lowest BCUT2D eigenvalue weighted by atomic mass is 10.1. The molecule has 23 heavy (non-hydrogen) atoms. The molecular weight excluding hydrogens is 331 g/mol. The predicted octanol–water partition coefficient (Wildman–Crippen LogP) is 2.77. The number of likely N-dealkylation sites (tertiary alicyclic amines) is 1. The smallest absolute Gasteiger partial charge is 0.421 e. The maximum absolute atomic E-state index is 12.9. The van der Waals surface area contributed by atoms with Crippen LogP contribution < -0.4 is 4.74 Å². The van der Waals surface area contributed by atoms with Crippen LogP contribution in [0.5, 0.6) is 5.88 Å². The van der Waals surface area contributed by atoms with Gasteiger partial charge >= 0.3 is 6.18 Å². The van der Waals surface area contributed by atoms with Gasteiger partial charge in [-0.15, -0.1) is 11.3 Å². The summed E-state index contributed by atoms with van der Waals surface area (Å²) in [6.07, 6.45) is -3.79. The Morgan fingerprint density at radius 2 is 2.17 bits per heavy atom. The van der Waals surface area contributed by atoms with Gasteiger partial charge in [-0.25, -0.2) is 9.97 Å². The van der Waals surface area contributed by atoms with Gasteiger partial charge in [0.25, 0.3) is 5.91 Å². The maximum atomic E-state index is 12.9. The SMILES string of the molecule is Cc1nc(C(=O)N2CC(Oc3ncccc3C(F)(F)F)C2)cs1. The zero-order valence-corrected chi connectivity index (χ0v) is 12.8. The van der Waals surface area contributed by atoms with E-state index in [0.717, 1.165) is 11.1 Å². The van der Waals surface area contributed by atoms with Gasteiger partial charge in [-0.05, 0) is 19.1 Å². The molecule has 0 saturated carbocycles. The number of amides is 1. The summed E-state index contributed by atoms with van der Waals surface area (Å²) in [5, 5.41) is 2.44.